The van der Waals surface area contributed by atoms with E-state index in [-0.39, 0.29) is 18.1 Å². The zero-order chi connectivity index (χ0) is 11.6. The van der Waals surface area contributed by atoms with Crippen LogP contribution in [0.1, 0.15) is 53.4 Å². The minimum atomic E-state index is -0.814. The van der Waals surface area contributed by atoms with E-state index in [1.165, 1.54) is 0 Å². The van der Waals surface area contributed by atoms with Gasteiger partial charge in [0.25, 0.3) is 0 Å². The summed E-state index contributed by atoms with van der Waals surface area (Å²) in [6.07, 6.45) is 1.80. The highest BCUT2D eigenvalue weighted by Gasteiger charge is 2.13. The van der Waals surface area contributed by atoms with Crippen molar-refractivity contribution in [1.29, 1.82) is 0 Å². The van der Waals surface area contributed by atoms with E-state index in [1.807, 2.05) is 20.8 Å². The lowest BCUT2D eigenvalue weighted by Crippen LogP contribution is -2.11. The molecule has 0 aliphatic carbocycles. The molecule has 1 N–H and O–H groups in total. The maximum absolute atomic E-state index is 11.0. The molecular formula is C11H22O3. The van der Waals surface area contributed by atoms with E-state index in [9.17, 15) is 9.59 Å². The van der Waals surface area contributed by atoms with Crippen LogP contribution in [-0.2, 0) is 9.59 Å². The molecule has 0 aromatic carbocycles. The van der Waals surface area contributed by atoms with Crippen molar-refractivity contribution in [1.82, 2.24) is 0 Å². The predicted molar refractivity (Wildman–Crippen MR) is 57.3 cm³/mol. The molecule has 0 fully saturated rings. The first-order valence-electron chi connectivity index (χ1n) is 5.33. The molecule has 1 unspecified atom stereocenters. The molecule has 0 saturated heterocycles. The second kappa shape index (κ2) is 10.2. The molecule has 0 heterocycles. The van der Waals surface area contributed by atoms with Crippen LogP contribution < -0.4 is 0 Å². The number of ketones is 1. The highest BCUT2D eigenvalue weighted by Crippen LogP contribution is 2.14. The van der Waals surface area contributed by atoms with Crippen LogP contribution in [0, 0.1) is 5.92 Å². The summed E-state index contributed by atoms with van der Waals surface area (Å²) in [5.74, 6) is -0.635. The van der Waals surface area contributed by atoms with Gasteiger partial charge >= 0.3 is 5.97 Å². The molecule has 0 aromatic rings. The highest BCUT2D eigenvalue weighted by molar-refractivity contribution is 5.79. The molecular weight excluding hydrogens is 180 g/mol. The van der Waals surface area contributed by atoms with E-state index in [2.05, 4.69) is 0 Å². The zero-order valence-electron chi connectivity index (χ0n) is 9.67. The van der Waals surface area contributed by atoms with Gasteiger partial charge in [-0.05, 0) is 5.92 Å². The van der Waals surface area contributed by atoms with Gasteiger partial charge in [-0.1, -0.05) is 34.1 Å². The molecule has 0 aliphatic heterocycles. The van der Waals surface area contributed by atoms with Gasteiger partial charge in [0.05, 0.1) is 0 Å². The third-order valence-electron chi connectivity index (χ3n) is 1.95. The monoisotopic (exact) mass is 202 g/mol. The van der Waals surface area contributed by atoms with Crippen molar-refractivity contribution in [2.75, 3.05) is 0 Å². The van der Waals surface area contributed by atoms with Crippen molar-refractivity contribution in [3.63, 3.8) is 0 Å². The molecule has 0 amide bonds. The van der Waals surface area contributed by atoms with Gasteiger partial charge in [-0.15, -0.1) is 0 Å². The van der Waals surface area contributed by atoms with Crippen molar-refractivity contribution in [2.45, 2.75) is 53.4 Å². The fourth-order valence-electron chi connectivity index (χ4n) is 1.07. The van der Waals surface area contributed by atoms with Crippen LogP contribution in [0.25, 0.3) is 0 Å². The van der Waals surface area contributed by atoms with Crippen LogP contribution in [-0.4, -0.2) is 16.9 Å². The molecule has 0 saturated carbocycles. The molecule has 3 heteroatoms. The molecule has 0 spiro atoms. The van der Waals surface area contributed by atoms with Gasteiger partial charge in [0.15, 0.2) is 0 Å². The summed E-state index contributed by atoms with van der Waals surface area (Å²) in [4.78, 5) is 21.3. The number of carbonyl (C=O) groups is 2. The fraction of sp³-hybridized carbons (Fsp3) is 0.818. The summed E-state index contributed by atoms with van der Waals surface area (Å²) >= 11 is 0. The van der Waals surface area contributed by atoms with Crippen molar-refractivity contribution in [3.8, 4) is 0 Å². The zero-order valence-corrected chi connectivity index (χ0v) is 9.67. The largest absolute Gasteiger partial charge is 0.481 e. The number of hydrogen-bond donors (Lipinski definition) is 1. The third kappa shape index (κ3) is 9.23. The smallest absolute Gasteiger partial charge is 0.303 e. The second-order valence-electron chi connectivity index (χ2n) is 2.97. The molecule has 0 rings (SSSR count). The fourth-order valence-corrected chi connectivity index (χ4v) is 1.07. The number of carboxylic acid groups (broad SMARTS) is 1. The van der Waals surface area contributed by atoms with Crippen LogP contribution in [0.15, 0.2) is 0 Å². The Morgan fingerprint density at radius 3 is 1.93 bits per heavy atom. The SMILES string of the molecule is CC.CCC(=O)CC(CC)CC(=O)O. The quantitative estimate of drug-likeness (QED) is 0.720. The number of carbonyl (C=O) groups excluding carboxylic acids is 1. The van der Waals surface area contributed by atoms with Gasteiger partial charge in [0.1, 0.15) is 5.78 Å². The summed E-state index contributed by atoms with van der Waals surface area (Å²) in [6, 6.07) is 0. The van der Waals surface area contributed by atoms with Crippen LogP contribution in [0.2, 0.25) is 0 Å². The molecule has 0 radical (unpaired) electrons. The maximum atomic E-state index is 11.0. The lowest BCUT2D eigenvalue weighted by atomic mass is 9.95. The minimum absolute atomic E-state index is 0.0231. The van der Waals surface area contributed by atoms with Crippen molar-refractivity contribution in [3.05, 3.63) is 0 Å². The lowest BCUT2D eigenvalue weighted by Gasteiger charge is -2.09. The molecule has 14 heavy (non-hydrogen) atoms. The average Bonchev–Trinajstić information content (AvgIpc) is 2.19. The van der Waals surface area contributed by atoms with E-state index < -0.39 is 5.97 Å². The van der Waals surface area contributed by atoms with Crippen LogP contribution in [0.5, 0.6) is 0 Å². The van der Waals surface area contributed by atoms with Gasteiger partial charge in [0.2, 0.25) is 0 Å². The number of aliphatic carboxylic acids is 1. The molecule has 0 aliphatic rings. The highest BCUT2D eigenvalue weighted by atomic mass is 16.4. The predicted octanol–water partition coefficient (Wildman–Crippen LogP) is 2.88. The number of hydrogen-bond acceptors (Lipinski definition) is 2. The first kappa shape index (κ1) is 15.6. The molecule has 1 atom stereocenters. The Kier molecular flexibility index (Phi) is 11.4. The molecule has 0 bridgehead atoms. The second-order valence-corrected chi connectivity index (χ2v) is 2.97. The van der Waals surface area contributed by atoms with Gasteiger partial charge in [-0.3, -0.25) is 9.59 Å². The number of Topliss-reactive ketones (excluding diaryl/α,β-unsaturated/α-hetero) is 1. The summed E-state index contributed by atoms with van der Waals surface area (Å²) in [6.45, 7) is 7.71. The first-order valence-corrected chi connectivity index (χ1v) is 5.33. The van der Waals surface area contributed by atoms with Gasteiger partial charge in [-0.2, -0.15) is 0 Å². The number of carboxylic acids is 1. The Morgan fingerprint density at radius 1 is 1.14 bits per heavy atom. The minimum Gasteiger partial charge on any atom is -0.481 e. The van der Waals surface area contributed by atoms with Crippen LogP contribution in [0.4, 0.5) is 0 Å². The Morgan fingerprint density at radius 2 is 1.64 bits per heavy atom. The molecule has 3 nitrogen and oxygen atoms in total. The summed E-state index contributed by atoms with van der Waals surface area (Å²) < 4.78 is 0. The Labute approximate surface area is 86.5 Å². The Bertz CT molecular complexity index is 164. The van der Waals surface area contributed by atoms with E-state index in [0.29, 0.717) is 12.8 Å². The maximum Gasteiger partial charge on any atom is 0.303 e. The Hall–Kier alpha value is -0.860. The molecule has 0 aromatic heterocycles. The van der Waals surface area contributed by atoms with Gasteiger partial charge in [-0.25, -0.2) is 0 Å². The standard InChI is InChI=1S/C9H16O3.C2H6/c1-3-7(6-9(11)12)5-8(10)4-2;1-2/h7H,3-6H2,1-2H3,(H,11,12);1-2H3. The van der Waals surface area contributed by atoms with Gasteiger partial charge < -0.3 is 5.11 Å². The van der Waals surface area contributed by atoms with Crippen molar-refractivity contribution in [2.24, 2.45) is 5.92 Å². The lowest BCUT2D eigenvalue weighted by molar-refractivity contribution is -0.138. The third-order valence-corrected chi connectivity index (χ3v) is 1.95. The van der Waals surface area contributed by atoms with E-state index in [4.69, 9.17) is 5.11 Å². The van der Waals surface area contributed by atoms with E-state index in [1.54, 1.807) is 6.92 Å². The van der Waals surface area contributed by atoms with E-state index >= 15 is 0 Å². The average molecular weight is 202 g/mol. The van der Waals surface area contributed by atoms with Crippen LogP contribution >= 0.6 is 0 Å². The topological polar surface area (TPSA) is 54.4 Å². The van der Waals surface area contributed by atoms with E-state index in [0.717, 1.165) is 6.42 Å². The summed E-state index contributed by atoms with van der Waals surface area (Å²) in [5, 5.41) is 8.49. The normalized spacial score (nSPS) is 11.1. The first-order chi connectivity index (χ1) is 6.60. The number of rotatable bonds is 6. The Balaban J connectivity index is 0. The molecule has 84 valence electrons. The summed E-state index contributed by atoms with van der Waals surface area (Å²) in [7, 11) is 0. The van der Waals surface area contributed by atoms with Gasteiger partial charge in [0, 0.05) is 19.3 Å². The van der Waals surface area contributed by atoms with Crippen LogP contribution in [0.3, 0.4) is 0 Å². The van der Waals surface area contributed by atoms with Crippen molar-refractivity contribution >= 4 is 11.8 Å². The summed E-state index contributed by atoms with van der Waals surface area (Å²) in [5.41, 5.74) is 0. The van der Waals surface area contributed by atoms with Crippen molar-refractivity contribution < 1.29 is 14.7 Å².